The number of hydrogen-bond acceptors (Lipinski definition) is 3. The van der Waals surface area contributed by atoms with Crippen molar-refractivity contribution in [1.29, 1.82) is 0 Å². The third-order valence-corrected chi connectivity index (χ3v) is 11.0. The molecule has 0 saturated heterocycles. The van der Waals surface area contributed by atoms with Gasteiger partial charge in [0.15, 0.2) is 5.69 Å². The van der Waals surface area contributed by atoms with E-state index < -0.39 is 0 Å². The largest absolute Gasteiger partial charge is 0.247 e. The molecule has 0 spiro atoms. The Bertz CT molecular complexity index is 3370. The number of hydrogen-bond donors (Lipinski definition) is 0. The van der Waals surface area contributed by atoms with Gasteiger partial charge >= 0.3 is 0 Å². The first-order valence-electron chi connectivity index (χ1n) is 18.7. The van der Waals surface area contributed by atoms with Gasteiger partial charge in [0, 0.05) is 27.5 Å². The summed E-state index contributed by atoms with van der Waals surface area (Å²) in [6.07, 6.45) is 0. The molecule has 0 amide bonds. The van der Waals surface area contributed by atoms with Gasteiger partial charge in [0.1, 0.15) is 0 Å². The zero-order valence-electron chi connectivity index (χ0n) is 30.1. The van der Waals surface area contributed by atoms with E-state index in [-0.39, 0.29) is 0 Å². The van der Waals surface area contributed by atoms with Crippen molar-refractivity contribution in [2.24, 2.45) is 0 Å². The molecular weight excluding hydrogens is 681 g/mol. The van der Waals surface area contributed by atoms with Crippen LogP contribution in [0, 0.1) is 6.57 Å². The first-order chi connectivity index (χ1) is 27.7. The number of pyridine rings is 1. The van der Waals surface area contributed by atoms with E-state index in [4.69, 9.17) is 21.5 Å². The monoisotopic (exact) mass is 710 g/mol. The van der Waals surface area contributed by atoms with Gasteiger partial charge in [0.25, 0.3) is 0 Å². The highest BCUT2D eigenvalue weighted by Gasteiger charge is 2.22. The molecule has 11 aromatic rings. The van der Waals surface area contributed by atoms with E-state index in [0.29, 0.717) is 11.2 Å². The Morgan fingerprint density at radius 3 is 1.41 bits per heavy atom. The average Bonchev–Trinajstić information content (AvgIpc) is 3.28. The first-order valence-corrected chi connectivity index (χ1v) is 18.7. The maximum absolute atomic E-state index is 8.38. The summed E-state index contributed by atoms with van der Waals surface area (Å²) in [7, 11) is 0. The van der Waals surface area contributed by atoms with Crippen molar-refractivity contribution in [2.45, 2.75) is 0 Å². The molecule has 2 aromatic heterocycles. The summed E-state index contributed by atoms with van der Waals surface area (Å²) in [6, 6.07) is 63.1. The average molecular weight is 711 g/mol. The van der Waals surface area contributed by atoms with Crippen molar-refractivity contribution < 1.29 is 0 Å². The van der Waals surface area contributed by atoms with Crippen molar-refractivity contribution in [1.82, 2.24) is 15.0 Å². The molecule has 258 valence electrons. The molecule has 4 heteroatoms. The fourth-order valence-electron chi connectivity index (χ4n) is 8.44. The topological polar surface area (TPSA) is 43.0 Å². The molecule has 0 aliphatic rings. The van der Waals surface area contributed by atoms with Crippen LogP contribution in [0.15, 0.2) is 182 Å². The second-order valence-corrected chi connectivity index (χ2v) is 14.2. The minimum Gasteiger partial charge on any atom is -0.247 e. The van der Waals surface area contributed by atoms with Gasteiger partial charge in [0.2, 0.25) is 0 Å². The molecule has 2 heterocycles. The molecule has 0 unspecified atom stereocenters. The van der Waals surface area contributed by atoms with Gasteiger partial charge in [-0.3, -0.25) is 0 Å². The van der Waals surface area contributed by atoms with Gasteiger partial charge in [-0.25, -0.2) is 19.8 Å². The summed E-state index contributed by atoms with van der Waals surface area (Å²) >= 11 is 0. The van der Waals surface area contributed by atoms with Crippen LogP contribution < -0.4 is 0 Å². The van der Waals surface area contributed by atoms with E-state index in [1.165, 1.54) is 32.3 Å². The zero-order valence-corrected chi connectivity index (χ0v) is 30.1. The molecule has 0 atom stereocenters. The lowest BCUT2D eigenvalue weighted by molar-refractivity contribution is 1.30. The Kier molecular flexibility index (Phi) is 7.20. The second-order valence-electron chi connectivity index (χ2n) is 14.2. The van der Waals surface area contributed by atoms with Gasteiger partial charge in [-0.15, -0.1) is 0 Å². The standard InChI is InChI=1S/C52H30N4/c1-53-45-31-46-52(56-51(34-16-6-3-7-17-34)50(55-46)33-14-4-2-5-15-33)48-47(45)42-22-12-13-23-44(42)54-49(48)35-26-24-32(25-27-35)36-28-29-41-39-20-9-8-18-37(39)38-19-10-11-21-40(38)43(41)30-36/h2-31H. The fourth-order valence-corrected chi connectivity index (χ4v) is 8.44. The number of fused-ring (bicyclic) bond motifs is 11. The number of aromatic nitrogens is 3. The second kappa shape index (κ2) is 12.7. The first kappa shape index (κ1) is 31.8. The molecule has 0 aliphatic carbocycles. The number of benzene rings is 9. The Hall–Kier alpha value is -7.74. The molecule has 0 aliphatic heterocycles. The molecule has 0 fully saturated rings. The maximum Gasteiger partial charge on any atom is 0.197 e. The smallest absolute Gasteiger partial charge is 0.197 e. The lowest BCUT2D eigenvalue weighted by atomic mass is 9.91. The Labute approximate surface area is 322 Å². The summed E-state index contributed by atoms with van der Waals surface area (Å²) in [5.41, 5.74) is 10.2. The van der Waals surface area contributed by atoms with Crippen LogP contribution >= 0.6 is 0 Å². The fraction of sp³-hybridized carbons (Fsp3) is 0. The Morgan fingerprint density at radius 2 is 0.786 bits per heavy atom. The third-order valence-electron chi connectivity index (χ3n) is 11.0. The molecule has 0 saturated carbocycles. The zero-order chi connectivity index (χ0) is 37.2. The molecule has 0 N–H and O–H groups in total. The minimum absolute atomic E-state index is 0.528. The molecule has 0 bridgehead atoms. The minimum atomic E-state index is 0.528. The lowest BCUT2D eigenvalue weighted by Gasteiger charge is -2.16. The van der Waals surface area contributed by atoms with Crippen LogP contribution in [0.4, 0.5) is 5.69 Å². The highest BCUT2D eigenvalue weighted by molar-refractivity contribution is 6.26. The highest BCUT2D eigenvalue weighted by atomic mass is 14.8. The van der Waals surface area contributed by atoms with Gasteiger partial charge < -0.3 is 0 Å². The molecule has 56 heavy (non-hydrogen) atoms. The summed E-state index contributed by atoms with van der Waals surface area (Å²) in [5.74, 6) is 0. The van der Waals surface area contributed by atoms with Crippen molar-refractivity contribution in [3.63, 3.8) is 0 Å². The van der Waals surface area contributed by atoms with Gasteiger partial charge in [-0.05, 0) is 67.0 Å². The predicted octanol–water partition coefficient (Wildman–Crippen LogP) is 14.0. The summed E-state index contributed by atoms with van der Waals surface area (Å²) in [4.78, 5) is 20.1. The van der Waals surface area contributed by atoms with Crippen molar-refractivity contribution in [3.8, 4) is 44.9 Å². The Balaban J connectivity index is 1.15. The number of para-hydroxylation sites is 1. The van der Waals surface area contributed by atoms with Crippen LogP contribution in [-0.4, -0.2) is 15.0 Å². The highest BCUT2D eigenvalue weighted by Crippen LogP contribution is 2.44. The summed E-state index contributed by atoms with van der Waals surface area (Å²) in [5, 5.41) is 10.1. The SMILES string of the molecule is [C-]#[N+]c1cc2nc(-c3ccccc3)c(-c3ccccc3)nc2c2c(-c3ccc(-c4ccc5c6ccccc6c6ccccc6c5c4)cc3)nc3ccccc3c12. The van der Waals surface area contributed by atoms with E-state index in [2.05, 4.69) is 126 Å². The van der Waals surface area contributed by atoms with Crippen LogP contribution in [-0.2, 0) is 0 Å². The van der Waals surface area contributed by atoms with Gasteiger partial charge in [-0.1, -0.05) is 164 Å². The summed E-state index contributed by atoms with van der Waals surface area (Å²) < 4.78 is 0. The molecule has 9 aromatic carbocycles. The van der Waals surface area contributed by atoms with Crippen molar-refractivity contribution >= 4 is 70.7 Å². The van der Waals surface area contributed by atoms with E-state index in [1.807, 2.05) is 60.7 Å². The van der Waals surface area contributed by atoms with Crippen molar-refractivity contribution in [2.75, 3.05) is 0 Å². The number of rotatable bonds is 4. The normalized spacial score (nSPS) is 11.6. The van der Waals surface area contributed by atoms with E-state index in [9.17, 15) is 0 Å². The quantitative estimate of drug-likeness (QED) is 0.135. The number of nitrogens with zero attached hydrogens (tertiary/aromatic N) is 4. The lowest BCUT2D eigenvalue weighted by Crippen LogP contribution is -1.98. The van der Waals surface area contributed by atoms with E-state index in [0.717, 1.165) is 72.1 Å². The van der Waals surface area contributed by atoms with E-state index in [1.54, 1.807) is 0 Å². The van der Waals surface area contributed by atoms with Gasteiger partial charge in [0.05, 0.1) is 40.2 Å². The maximum atomic E-state index is 8.38. The third kappa shape index (κ3) is 4.96. The molecule has 0 radical (unpaired) electrons. The predicted molar refractivity (Wildman–Crippen MR) is 233 cm³/mol. The van der Waals surface area contributed by atoms with E-state index >= 15 is 0 Å². The van der Waals surface area contributed by atoms with Crippen LogP contribution in [0.25, 0.3) is 115 Å². The molecule has 4 nitrogen and oxygen atoms in total. The molecular formula is C52H30N4. The van der Waals surface area contributed by atoms with Crippen LogP contribution in [0.2, 0.25) is 0 Å². The van der Waals surface area contributed by atoms with Crippen LogP contribution in [0.3, 0.4) is 0 Å². The Morgan fingerprint density at radius 1 is 0.321 bits per heavy atom. The van der Waals surface area contributed by atoms with Crippen LogP contribution in [0.5, 0.6) is 0 Å². The summed E-state index contributed by atoms with van der Waals surface area (Å²) in [6.45, 7) is 8.38. The van der Waals surface area contributed by atoms with Gasteiger partial charge in [-0.2, -0.15) is 0 Å². The van der Waals surface area contributed by atoms with Crippen LogP contribution in [0.1, 0.15) is 0 Å². The van der Waals surface area contributed by atoms with Crippen molar-refractivity contribution in [3.05, 3.63) is 193 Å². The molecule has 11 rings (SSSR count).